The SMILES string of the molecule is CO[C@H](CNC(=O)N(C)CCN1CCOCC1)c1ccccc1. The minimum Gasteiger partial charge on any atom is -0.379 e. The molecule has 0 bridgehead atoms. The second kappa shape index (κ2) is 9.50. The van der Waals surface area contributed by atoms with Gasteiger partial charge in [0.05, 0.1) is 19.3 Å². The molecule has 6 heteroatoms. The van der Waals surface area contributed by atoms with Gasteiger partial charge in [0.1, 0.15) is 0 Å². The molecule has 6 nitrogen and oxygen atoms in total. The summed E-state index contributed by atoms with van der Waals surface area (Å²) in [5, 5.41) is 2.94. The maximum atomic E-state index is 12.2. The lowest BCUT2D eigenvalue weighted by atomic mass is 10.1. The zero-order valence-corrected chi connectivity index (χ0v) is 14.0. The van der Waals surface area contributed by atoms with E-state index in [0.29, 0.717) is 13.1 Å². The van der Waals surface area contributed by atoms with Gasteiger partial charge in [-0.25, -0.2) is 4.79 Å². The summed E-state index contributed by atoms with van der Waals surface area (Å²) in [4.78, 5) is 16.2. The van der Waals surface area contributed by atoms with E-state index in [2.05, 4.69) is 10.2 Å². The Morgan fingerprint density at radius 3 is 2.70 bits per heavy atom. The fourth-order valence-corrected chi connectivity index (χ4v) is 2.54. The van der Waals surface area contributed by atoms with Crippen LogP contribution in [0.15, 0.2) is 30.3 Å². The first-order valence-corrected chi connectivity index (χ1v) is 8.07. The first kappa shape index (κ1) is 17.7. The molecule has 1 aliphatic heterocycles. The van der Waals surface area contributed by atoms with Crippen LogP contribution in [-0.2, 0) is 9.47 Å². The number of hydrogen-bond acceptors (Lipinski definition) is 4. The molecule has 1 N–H and O–H groups in total. The van der Waals surface area contributed by atoms with E-state index in [1.54, 1.807) is 12.0 Å². The van der Waals surface area contributed by atoms with E-state index >= 15 is 0 Å². The van der Waals surface area contributed by atoms with Gasteiger partial charge in [-0.05, 0) is 5.56 Å². The fourth-order valence-electron chi connectivity index (χ4n) is 2.54. The molecule has 0 aliphatic carbocycles. The standard InChI is InChI=1S/C17H27N3O3/c1-19(8-9-20-10-12-23-13-11-20)17(21)18-14-16(22-2)15-6-4-3-5-7-15/h3-7,16H,8-14H2,1-2H3,(H,18,21)/t16-/m1/s1. The van der Waals surface area contributed by atoms with E-state index in [0.717, 1.165) is 38.4 Å². The Labute approximate surface area is 138 Å². The number of likely N-dealkylation sites (N-methyl/N-ethyl adjacent to an activating group) is 1. The number of carbonyl (C=O) groups excluding carboxylic acids is 1. The van der Waals surface area contributed by atoms with E-state index in [-0.39, 0.29) is 12.1 Å². The molecule has 23 heavy (non-hydrogen) atoms. The van der Waals surface area contributed by atoms with Gasteiger partial charge in [-0.15, -0.1) is 0 Å². The lowest BCUT2D eigenvalue weighted by Gasteiger charge is -2.28. The van der Waals surface area contributed by atoms with Gasteiger partial charge in [0.15, 0.2) is 0 Å². The highest BCUT2D eigenvalue weighted by Crippen LogP contribution is 2.14. The molecule has 1 heterocycles. The largest absolute Gasteiger partial charge is 0.379 e. The number of benzene rings is 1. The highest BCUT2D eigenvalue weighted by Gasteiger charge is 2.15. The van der Waals surface area contributed by atoms with Gasteiger partial charge >= 0.3 is 6.03 Å². The number of nitrogens with zero attached hydrogens (tertiary/aromatic N) is 2. The third-order valence-electron chi connectivity index (χ3n) is 4.10. The van der Waals surface area contributed by atoms with Crippen LogP contribution in [0.1, 0.15) is 11.7 Å². The lowest BCUT2D eigenvalue weighted by Crippen LogP contribution is -2.45. The fraction of sp³-hybridized carbons (Fsp3) is 0.588. The Bertz CT molecular complexity index is 463. The summed E-state index contributed by atoms with van der Waals surface area (Å²) in [5.41, 5.74) is 1.06. The monoisotopic (exact) mass is 321 g/mol. The van der Waals surface area contributed by atoms with Crippen molar-refractivity contribution < 1.29 is 14.3 Å². The third-order valence-corrected chi connectivity index (χ3v) is 4.10. The Kier molecular flexibility index (Phi) is 7.32. The van der Waals surface area contributed by atoms with Crippen molar-refractivity contribution in [3.63, 3.8) is 0 Å². The maximum Gasteiger partial charge on any atom is 0.317 e. The van der Waals surface area contributed by atoms with E-state index in [1.165, 1.54) is 0 Å². The zero-order valence-electron chi connectivity index (χ0n) is 14.0. The van der Waals surface area contributed by atoms with Gasteiger partial charge in [0.2, 0.25) is 0 Å². The molecule has 1 fully saturated rings. The summed E-state index contributed by atoms with van der Waals surface area (Å²) >= 11 is 0. The predicted molar refractivity (Wildman–Crippen MR) is 89.5 cm³/mol. The van der Waals surface area contributed by atoms with Crippen LogP contribution in [0.25, 0.3) is 0 Å². The molecule has 0 aromatic heterocycles. The average Bonchev–Trinajstić information content (AvgIpc) is 2.61. The van der Waals surface area contributed by atoms with Crippen molar-refractivity contribution in [3.8, 4) is 0 Å². The van der Waals surface area contributed by atoms with Crippen LogP contribution in [0, 0.1) is 0 Å². The molecular formula is C17H27N3O3. The number of carbonyl (C=O) groups is 1. The quantitative estimate of drug-likeness (QED) is 0.824. The van der Waals surface area contributed by atoms with Gasteiger partial charge in [-0.2, -0.15) is 0 Å². The number of hydrogen-bond donors (Lipinski definition) is 1. The predicted octanol–water partition coefficient (Wildman–Crippen LogP) is 1.35. The molecule has 1 aromatic rings. The molecule has 0 saturated carbocycles. The minimum absolute atomic E-state index is 0.0729. The zero-order chi connectivity index (χ0) is 16.5. The van der Waals surface area contributed by atoms with Crippen molar-refractivity contribution in [3.05, 3.63) is 35.9 Å². The van der Waals surface area contributed by atoms with Gasteiger partial charge in [-0.1, -0.05) is 30.3 Å². The number of morpholine rings is 1. The van der Waals surface area contributed by atoms with Crippen LogP contribution in [0.3, 0.4) is 0 Å². The van der Waals surface area contributed by atoms with Crippen LogP contribution < -0.4 is 5.32 Å². The Morgan fingerprint density at radius 1 is 1.35 bits per heavy atom. The van der Waals surface area contributed by atoms with E-state index in [4.69, 9.17) is 9.47 Å². The van der Waals surface area contributed by atoms with Gasteiger partial charge in [-0.3, -0.25) is 4.90 Å². The molecule has 128 valence electrons. The first-order chi connectivity index (χ1) is 11.2. The molecule has 2 rings (SSSR count). The Hall–Kier alpha value is -1.63. The van der Waals surface area contributed by atoms with Crippen molar-refractivity contribution in [2.45, 2.75) is 6.10 Å². The highest BCUT2D eigenvalue weighted by atomic mass is 16.5. The number of urea groups is 1. The summed E-state index contributed by atoms with van der Waals surface area (Å²) in [5.74, 6) is 0. The summed E-state index contributed by atoms with van der Waals surface area (Å²) in [6.45, 7) is 5.48. The number of rotatable bonds is 7. The van der Waals surface area contributed by atoms with Crippen molar-refractivity contribution >= 4 is 6.03 Å². The molecule has 1 aromatic carbocycles. The Balaban J connectivity index is 1.72. The van der Waals surface area contributed by atoms with Crippen LogP contribution >= 0.6 is 0 Å². The topological polar surface area (TPSA) is 54.0 Å². The smallest absolute Gasteiger partial charge is 0.317 e. The van der Waals surface area contributed by atoms with Crippen molar-refractivity contribution in [2.75, 3.05) is 60.1 Å². The summed E-state index contributed by atoms with van der Waals surface area (Å²) in [6.07, 6.45) is -0.132. The number of nitrogens with one attached hydrogen (secondary N) is 1. The van der Waals surface area contributed by atoms with Crippen LogP contribution in [0.2, 0.25) is 0 Å². The molecule has 2 amide bonds. The number of methoxy groups -OCH3 is 1. The van der Waals surface area contributed by atoms with Crippen LogP contribution in [-0.4, -0.2) is 75.9 Å². The van der Waals surface area contributed by atoms with Crippen LogP contribution in [0.5, 0.6) is 0 Å². The maximum absolute atomic E-state index is 12.2. The normalized spacial score (nSPS) is 16.8. The molecule has 1 atom stereocenters. The summed E-state index contributed by atoms with van der Waals surface area (Å²) in [7, 11) is 3.48. The van der Waals surface area contributed by atoms with E-state index in [9.17, 15) is 4.79 Å². The Morgan fingerprint density at radius 2 is 2.04 bits per heavy atom. The van der Waals surface area contributed by atoms with Crippen molar-refractivity contribution in [2.24, 2.45) is 0 Å². The van der Waals surface area contributed by atoms with E-state index < -0.39 is 0 Å². The second-order valence-corrected chi connectivity index (χ2v) is 5.70. The summed E-state index contributed by atoms with van der Waals surface area (Å²) in [6, 6.07) is 9.84. The van der Waals surface area contributed by atoms with Gasteiger partial charge in [0.25, 0.3) is 0 Å². The highest BCUT2D eigenvalue weighted by molar-refractivity contribution is 5.73. The molecule has 0 spiro atoms. The number of amides is 2. The average molecular weight is 321 g/mol. The van der Waals surface area contributed by atoms with Gasteiger partial charge in [0, 0.05) is 46.9 Å². The first-order valence-electron chi connectivity index (χ1n) is 8.07. The lowest BCUT2D eigenvalue weighted by molar-refractivity contribution is 0.0356. The summed E-state index contributed by atoms with van der Waals surface area (Å²) < 4.78 is 10.8. The van der Waals surface area contributed by atoms with Crippen molar-refractivity contribution in [1.82, 2.24) is 15.1 Å². The molecular weight excluding hydrogens is 294 g/mol. The molecule has 0 unspecified atom stereocenters. The van der Waals surface area contributed by atoms with Crippen LogP contribution in [0.4, 0.5) is 4.79 Å². The van der Waals surface area contributed by atoms with Crippen molar-refractivity contribution in [1.29, 1.82) is 0 Å². The number of ether oxygens (including phenoxy) is 2. The third kappa shape index (κ3) is 5.82. The minimum atomic E-state index is -0.132. The molecule has 1 aliphatic rings. The molecule has 1 saturated heterocycles. The van der Waals surface area contributed by atoms with Gasteiger partial charge < -0.3 is 19.7 Å². The second-order valence-electron chi connectivity index (χ2n) is 5.70. The van der Waals surface area contributed by atoms with E-state index in [1.807, 2.05) is 37.4 Å². The molecule has 0 radical (unpaired) electrons.